The van der Waals surface area contributed by atoms with Gasteiger partial charge in [0.2, 0.25) is 11.0 Å². The van der Waals surface area contributed by atoms with Crippen LogP contribution in [0.5, 0.6) is 0 Å². The number of nitrogens with zero attached hydrogens (tertiary/aromatic N) is 4. The fraction of sp³-hybridized carbons (Fsp3) is 0.805. The number of phosphoric ester groups is 1. The van der Waals surface area contributed by atoms with E-state index in [-0.39, 0.29) is 53.8 Å². The molecule has 0 fully saturated rings. The largest absolute Gasteiger partial charge is 0.756 e. The number of benzene rings is 1. The molecule has 1 heterocycles. The molecule has 0 aliphatic carbocycles. The summed E-state index contributed by atoms with van der Waals surface area (Å²) >= 11 is 0. The highest BCUT2D eigenvalue weighted by Crippen LogP contribution is 2.39. The number of esters is 2. The van der Waals surface area contributed by atoms with Gasteiger partial charge in [0, 0.05) is 25.0 Å². The minimum Gasteiger partial charge on any atom is -0.756 e. The first-order chi connectivity index (χ1) is 27.4. The van der Waals surface area contributed by atoms with Gasteiger partial charge in [-0.3, -0.25) is 28.8 Å². The number of aromatic nitrogens is 2. The molecule has 0 N–H and O–H groups in total. The summed E-state index contributed by atoms with van der Waals surface area (Å²) in [5.74, 6) is -0.959. The molecular weight excluding hydrogens is 755 g/mol. The zero-order valence-corrected chi connectivity index (χ0v) is 36.2. The molecule has 2 rings (SSSR count). The molecule has 2 unspecified atom stereocenters. The van der Waals surface area contributed by atoms with Crippen LogP contribution >= 0.6 is 7.82 Å². The lowest BCUT2D eigenvalue weighted by atomic mass is 10.0. The molecule has 0 bridgehead atoms. The van der Waals surface area contributed by atoms with Gasteiger partial charge in [0.1, 0.15) is 19.8 Å². The van der Waals surface area contributed by atoms with Crippen molar-refractivity contribution in [3.63, 3.8) is 0 Å². The van der Waals surface area contributed by atoms with Gasteiger partial charge in [-0.15, -0.1) is 0 Å². The maximum absolute atomic E-state index is 12.8. The first-order valence-electron chi connectivity index (χ1n) is 21.6. The predicted molar refractivity (Wildman–Crippen MR) is 219 cm³/mol. The normalized spacial score (nSPS) is 13.4. The Kier molecular flexibility index (Phi) is 25.8. The summed E-state index contributed by atoms with van der Waals surface area (Å²) in [7, 11) is -1.41. The van der Waals surface area contributed by atoms with E-state index in [0.717, 1.165) is 38.5 Å². The van der Waals surface area contributed by atoms with E-state index in [1.54, 1.807) is 14.1 Å². The molecule has 2 aromatic rings. The Labute approximate surface area is 340 Å². The van der Waals surface area contributed by atoms with Gasteiger partial charge in [-0.05, 0) is 23.2 Å². The first kappa shape index (κ1) is 50.2. The van der Waals surface area contributed by atoms with E-state index in [1.807, 2.05) is 0 Å². The highest BCUT2D eigenvalue weighted by molar-refractivity contribution is 7.45. The number of carbonyl (C=O) groups excluding carboxylic acids is 2. The number of ether oxygens (including phenoxy) is 2. The number of hydrogen-bond donors (Lipinski definition) is 0. The zero-order chi connectivity index (χ0) is 41.8. The van der Waals surface area contributed by atoms with Gasteiger partial charge in [-0.25, -0.2) is 4.63 Å². The van der Waals surface area contributed by atoms with Gasteiger partial charge >= 0.3 is 17.6 Å². The van der Waals surface area contributed by atoms with Crippen LogP contribution in [0.15, 0.2) is 16.8 Å². The highest BCUT2D eigenvalue weighted by Gasteiger charge is 2.30. The second-order valence-electron chi connectivity index (χ2n) is 15.7. The second-order valence-corrected chi connectivity index (χ2v) is 17.1. The molecule has 0 saturated heterocycles. The summed E-state index contributed by atoms with van der Waals surface area (Å²) in [6, 6.07) is 2.79. The van der Waals surface area contributed by atoms with Crippen molar-refractivity contribution in [3.8, 4) is 0 Å². The maximum atomic E-state index is 12.8. The molecule has 2 atom stereocenters. The van der Waals surface area contributed by atoms with E-state index in [0.29, 0.717) is 18.5 Å². The van der Waals surface area contributed by atoms with Crippen LogP contribution in [0.1, 0.15) is 168 Å². The van der Waals surface area contributed by atoms with E-state index in [4.69, 9.17) is 23.2 Å². The summed E-state index contributed by atoms with van der Waals surface area (Å²) in [5.41, 5.74) is 0.386. The van der Waals surface area contributed by atoms with Gasteiger partial charge in [-0.2, -0.15) is 0 Å². The maximum Gasteiger partial charge on any atom is 0.306 e. The van der Waals surface area contributed by atoms with Crippen LogP contribution < -0.4 is 9.38 Å². The topological polar surface area (TPSA) is 193 Å². The molecule has 57 heavy (non-hydrogen) atoms. The summed E-state index contributed by atoms with van der Waals surface area (Å²) in [4.78, 5) is 48.9. The lowest BCUT2D eigenvalue weighted by Crippen LogP contribution is -2.43. The Hall–Kier alpha value is -2.97. The molecule has 0 aliphatic rings. The van der Waals surface area contributed by atoms with E-state index in [9.17, 15) is 29.2 Å². The Morgan fingerprint density at radius 1 is 0.719 bits per heavy atom. The number of hydrogen-bond acceptors (Lipinski definition) is 13. The Morgan fingerprint density at radius 2 is 1.19 bits per heavy atom. The van der Waals surface area contributed by atoms with Crippen LogP contribution in [0.4, 0.5) is 11.4 Å². The quantitative estimate of drug-likeness (QED) is 0.0157. The number of rotatable bonds is 36. The Morgan fingerprint density at radius 3 is 1.70 bits per heavy atom. The van der Waals surface area contributed by atoms with E-state index < -0.39 is 37.4 Å². The average molecular weight is 827 g/mol. The SMILES string of the molecule is CCCCCCCCCCCCCCCC(=O)OCC(COP(=O)([O-])OCC[N+](C)(C)c1ccc([N+](=O)[O-])c2nonc12)OC(=O)CCCCCCCCCCC. The van der Waals surface area contributed by atoms with Crippen LogP contribution in [-0.4, -0.2) is 73.7 Å². The van der Waals surface area contributed by atoms with Crippen LogP contribution in [0.25, 0.3) is 11.0 Å². The molecule has 0 amide bonds. The van der Waals surface area contributed by atoms with Gasteiger partial charge in [0.25, 0.3) is 7.82 Å². The number of non-ortho nitro benzene ring substituents is 1. The van der Waals surface area contributed by atoms with Gasteiger partial charge in [0.05, 0.1) is 25.6 Å². The van der Waals surface area contributed by atoms with Crippen LogP contribution in [0.2, 0.25) is 0 Å². The average Bonchev–Trinajstić information content (AvgIpc) is 3.66. The van der Waals surface area contributed by atoms with Gasteiger partial charge in [-0.1, -0.05) is 142 Å². The van der Waals surface area contributed by atoms with Crippen molar-refractivity contribution >= 4 is 42.2 Å². The van der Waals surface area contributed by atoms with E-state index in [1.165, 1.54) is 102 Å². The van der Waals surface area contributed by atoms with Gasteiger partial charge < -0.3 is 23.4 Å². The summed E-state index contributed by atoms with van der Waals surface area (Å²) in [6.45, 7) is 3.30. The Balaban J connectivity index is 1.81. The fourth-order valence-electron chi connectivity index (χ4n) is 6.68. The molecule has 0 radical (unpaired) electrons. The first-order valence-corrected chi connectivity index (χ1v) is 23.0. The van der Waals surface area contributed by atoms with Crippen molar-refractivity contribution in [1.29, 1.82) is 0 Å². The summed E-state index contributed by atoms with van der Waals surface area (Å²) in [5, 5.41) is 18.8. The predicted octanol–water partition coefficient (Wildman–Crippen LogP) is 10.1. The molecule has 1 aromatic heterocycles. The molecule has 16 heteroatoms. The third-order valence-electron chi connectivity index (χ3n) is 10.2. The molecule has 15 nitrogen and oxygen atoms in total. The molecule has 326 valence electrons. The molecule has 0 aliphatic heterocycles. The van der Waals surface area contributed by atoms with Crippen LogP contribution in [0.3, 0.4) is 0 Å². The van der Waals surface area contributed by atoms with E-state index in [2.05, 4.69) is 24.2 Å². The van der Waals surface area contributed by atoms with Crippen molar-refractivity contribution in [3.05, 3.63) is 22.2 Å². The van der Waals surface area contributed by atoms with Crippen molar-refractivity contribution in [2.75, 3.05) is 40.5 Å². The van der Waals surface area contributed by atoms with E-state index >= 15 is 0 Å². The smallest absolute Gasteiger partial charge is 0.306 e. The number of phosphoric acid groups is 1. The number of fused-ring (bicyclic) bond motifs is 1. The van der Waals surface area contributed by atoms with Gasteiger partial charge in [0.15, 0.2) is 11.8 Å². The number of carbonyl (C=O) groups is 2. The number of likely N-dealkylation sites (N-methyl/N-ethyl adjacent to an activating group) is 1. The summed E-state index contributed by atoms with van der Waals surface area (Å²) in [6.07, 6.45) is 24.5. The van der Waals surface area contributed by atoms with Crippen LogP contribution in [-0.2, 0) is 32.7 Å². The third kappa shape index (κ3) is 22.1. The molecule has 0 saturated carbocycles. The minimum atomic E-state index is -4.89. The number of unbranched alkanes of at least 4 members (excludes halogenated alkanes) is 20. The van der Waals surface area contributed by atoms with Crippen LogP contribution in [0, 0.1) is 10.1 Å². The monoisotopic (exact) mass is 826 g/mol. The van der Waals surface area contributed by atoms with Crippen molar-refractivity contribution < 1.29 is 47.1 Å². The zero-order valence-electron chi connectivity index (χ0n) is 35.3. The highest BCUT2D eigenvalue weighted by atomic mass is 31.2. The minimum absolute atomic E-state index is 0.0223. The Bertz CT molecular complexity index is 1470. The standard InChI is InChI=1S/C41H71N4O11P/c1-5-7-9-11-13-15-16-17-18-20-21-23-25-27-38(46)52-33-35(55-39(47)28-26-24-22-19-14-12-10-8-6-2)34-54-57(50,51)53-32-31-45(3,4)37-30-29-36(44(48)49)40-41(37)43-56-42-40/h29-30,35H,5-28,31-34H2,1-4H3. The van der Waals surface area contributed by atoms with Crippen molar-refractivity contribution in [2.45, 2.75) is 174 Å². The second kappa shape index (κ2) is 29.3. The molecule has 1 aromatic carbocycles. The number of nitro benzene ring substituents is 1. The lowest BCUT2D eigenvalue weighted by molar-refractivity contribution is -0.383. The fourth-order valence-corrected chi connectivity index (χ4v) is 7.40. The molecule has 0 spiro atoms. The number of quaternary nitrogens is 1. The molecular formula is C41H71N4O11P. The summed E-state index contributed by atoms with van der Waals surface area (Å²) < 4.78 is 38.8. The van der Waals surface area contributed by atoms with Crippen molar-refractivity contribution in [1.82, 2.24) is 14.8 Å². The van der Waals surface area contributed by atoms with Crippen molar-refractivity contribution in [2.24, 2.45) is 0 Å². The lowest BCUT2D eigenvalue weighted by Gasteiger charge is -2.31. The number of nitro groups is 1. The third-order valence-corrected chi connectivity index (χ3v) is 11.2.